The second-order valence-corrected chi connectivity index (χ2v) is 7.14. The zero-order chi connectivity index (χ0) is 22.0. The van der Waals surface area contributed by atoms with Crippen molar-refractivity contribution in [2.45, 2.75) is 13.8 Å². The number of ether oxygens (including phenoxy) is 2. The predicted octanol–water partition coefficient (Wildman–Crippen LogP) is 5.46. The van der Waals surface area contributed by atoms with Gasteiger partial charge >= 0.3 is 0 Å². The molecule has 0 aliphatic carbocycles. The van der Waals surface area contributed by atoms with Gasteiger partial charge in [0.05, 0.1) is 12.5 Å². The van der Waals surface area contributed by atoms with Crippen LogP contribution in [0.25, 0.3) is 11.0 Å². The van der Waals surface area contributed by atoms with Crippen LogP contribution in [0.15, 0.2) is 76.1 Å². The molecule has 0 fully saturated rings. The second kappa shape index (κ2) is 8.36. The number of aryl methyl sites for hydroxylation is 2. The third kappa shape index (κ3) is 4.14. The van der Waals surface area contributed by atoms with Crippen molar-refractivity contribution in [3.63, 3.8) is 0 Å². The van der Waals surface area contributed by atoms with Gasteiger partial charge in [0.1, 0.15) is 23.3 Å². The van der Waals surface area contributed by atoms with Crippen molar-refractivity contribution in [1.82, 2.24) is 0 Å². The van der Waals surface area contributed by atoms with Gasteiger partial charge in [-0.15, -0.1) is 0 Å². The summed E-state index contributed by atoms with van der Waals surface area (Å²) in [5.74, 6) is 0.858. The normalized spacial score (nSPS) is 10.7. The van der Waals surface area contributed by atoms with Crippen molar-refractivity contribution in [2.75, 3.05) is 12.4 Å². The summed E-state index contributed by atoms with van der Waals surface area (Å²) in [4.78, 5) is 25.3. The predicted molar refractivity (Wildman–Crippen MR) is 119 cm³/mol. The van der Waals surface area contributed by atoms with Crippen LogP contribution >= 0.6 is 0 Å². The highest BCUT2D eigenvalue weighted by Crippen LogP contribution is 2.25. The monoisotopic (exact) mass is 415 g/mol. The van der Waals surface area contributed by atoms with Crippen LogP contribution < -0.4 is 20.2 Å². The Morgan fingerprint density at radius 1 is 0.935 bits per heavy atom. The first-order valence-corrected chi connectivity index (χ1v) is 9.71. The minimum atomic E-state index is -0.291. The number of hydrogen-bond acceptors (Lipinski definition) is 5. The van der Waals surface area contributed by atoms with E-state index >= 15 is 0 Å². The van der Waals surface area contributed by atoms with E-state index in [1.165, 1.54) is 6.26 Å². The van der Waals surface area contributed by atoms with Crippen LogP contribution in [0, 0.1) is 13.8 Å². The lowest BCUT2D eigenvalue weighted by atomic mass is 10.1. The Hall–Kier alpha value is -4.06. The van der Waals surface area contributed by atoms with E-state index in [4.69, 9.17) is 13.9 Å². The highest BCUT2D eigenvalue weighted by atomic mass is 16.5. The summed E-state index contributed by atoms with van der Waals surface area (Å²) in [6.45, 7) is 3.90. The molecule has 6 heteroatoms. The van der Waals surface area contributed by atoms with Gasteiger partial charge in [-0.25, -0.2) is 0 Å². The number of rotatable bonds is 5. The fourth-order valence-electron chi connectivity index (χ4n) is 3.29. The molecule has 0 unspecified atom stereocenters. The number of methoxy groups -OCH3 is 1. The van der Waals surface area contributed by atoms with Gasteiger partial charge in [0.15, 0.2) is 0 Å². The van der Waals surface area contributed by atoms with Crippen molar-refractivity contribution < 1.29 is 18.7 Å². The van der Waals surface area contributed by atoms with Gasteiger partial charge < -0.3 is 19.2 Å². The number of anilines is 1. The van der Waals surface area contributed by atoms with Crippen LogP contribution in [0.1, 0.15) is 21.5 Å². The maximum atomic E-state index is 12.7. The Morgan fingerprint density at radius 2 is 1.61 bits per heavy atom. The molecule has 6 nitrogen and oxygen atoms in total. The summed E-state index contributed by atoms with van der Waals surface area (Å²) in [5.41, 5.74) is 3.39. The highest BCUT2D eigenvalue weighted by molar-refractivity contribution is 6.05. The molecule has 0 aliphatic heterocycles. The molecule has 0 radical (unpaired) electrons. The smallest absolute Gasteiger partial charge is 0.255 e. The Labute approximate surface area is 179 Å². The molecule has 1 N–H and O–H groups in total. The van der Waals surface area contributed by atoms with Crippen molar-refractivity contribution in [2.24, 2.45) is 0 Å². The zero-order valence-electron chi connectivity index (χ0n) is 17.4. The molecule has 156 valence electrons. The molecule has 4 rings (SSSR count). The maximum Gasteiger partial charge on any atom is 0.255 e. The first-order valence-electron chi connectivity index (χ1n) is 9.71. The van der Waals surface area contributed by atoms with Crippen molar-refractivity contribution in [3.05, 3.63) is 93.8 Å². The zero-order valence-corrected chi connectivity index (χ0v) is 17.4. The molecule has 0 bridgehead atoms. The van der Waals surface area contributed by atoms with Crippen molar-refractivity contribution in [1.29, 1.82) is 0 Å². The van der Waals surface area contributed by atoms with Gasteiger partial charge in [0.25, 0.3) is 5.91 Å². The Morgan fingerprint density at radius 3 is 2.29 bits per heavy atom. The molecule has 0 saturated heterocycles. The van der Waals surface area contributed by atoms with E-state index in [-0.39, 0.29) is 17.1 Å². The maximum absolute atomic E-state index is 12.7. The number of carbonyl (C=O) groups excluding carboxylic acids is 1. The van der Waals surface area contributed by atoms with Crippen LogP contribution in [0.4, 0.5) is 5.69 Å². The average Bonchev–Trinajstić information content (AvgIpc) is 2.78. The molecule has 0 atom stereocenters. The minimum Gasteiger partial charge on any atom is -0.497 e. The summed E-state index contributed by atoms with van der Waals surface area (Å²) in [6.07, 6.45) is 1.27. The molecule has 0 spiro atoms. The lowest BCUT2D eigenvalue weighted by Crippen LogP contribution is -2.13. The lowest BCUT2D eigenvalue weighted by Gasteiger charge is -2.12. The van der Waals surface area contributed by atoms with Crippen LogP contribution in [0.5, 0.6) is 17.2 Å². The Kier molecular flexibility index (Phi) is 5.45. The van der Waals surface area contributed by atoms with Crippen molar-refractivity contribution in [3.8, 4) is 17.2 Å². The second-order valence-electron chi connectivity index (χ2n) is 7.14. The molecule has 0 saturated carbocycles. The van der Waals surface area contributed by atoms with E-state index in [1.54, 1.807) is 49.6 Å². The van der Waals surface area contributed by atoms with Gasteiger partial charge in [0.2, 0.25) is 11.2 Å². The SMILES string of the molecule is COc1ccc2c(=O)c(Oc3ccc(C(=O)Nc4c(C)cccc4C)cc3)coc2c1. The van der Waals surface area contributed by atoms with E-state index in [1.807, 2.05) is 32.0 Å². The minimum absolute atomic E-state index is 0.0606. The number of para-hydroxylation sites is 1. The number of nitrogens with one attached hydrogen (secondary N) is 1. The summed E-state index contributed by atoms with van der Waals surface area (Å²) in [6, 6.07) is 17.4. The van der Waals surface area contributed by atoms with Gasteiger partial charge in [-0.1, -0.05) is 18.2 Å². The quantitative estimate of drug-likeness (QED) is 0.468. The van der Waals surface area contributed by atoms with E-state index in [0.29, 0.717) is 28.0 Å². The van der Waals surface area contributed by atoms with E-state index in [9.17, 15) is 9.59 Å². The highest BCUT2D eigenvalue weighted by Gasteiger charge is 2.12. The molecular formula is C25H21NO5. The summed E-state index contributed by atoms with van der Waals surface area (Å²) in [7, 11) is 1.54. The largest absolute Gasteiger partial charge is 0.497 e. The van der Waals surface area contributed by atoms with E-state index in [2.05, 4.69) is 5.32 Å². The number of carbonyl (C=O) groups is 1. The number of amides is 1. The molecule has 0 aliphatic rings. The fourth-order valence-corrected chi connectivity index (χ4v) is 3.29. The number of fused-ring (bicyclic) bond motifs is 1. The standard InChI is InChI=1S/C25H21NO5/c1-15-5-4-6-16(2)23(15)26-25(28)17-7-9-18(10-8-17)31-22-14-30-21-13-19(29-3)11-12-20(21)24(22)27/h4-14H,1-3H3,(H,26,28). The van der Waals surface area contributed by atoms with Gasteiger partial charge in [-0.3, -0.25) is 9.59 Å². The molecular weight excluding hydrogens is 394 g/mol. The molecule has 1 amide bonds. The molecule has 3 aromatic carbocycles. The Bertz CT molecular complexity index is 1300. The third-order valence-corrected chi connectivity index (χ3v) is 5.01. The van der Waals surface area contributed by atoms with Gasteiger partial charge in [0, 0.05) is 17.3 Å². The molecule has 1 aromatic heterocycles. The van der Waals surface area contributed by atoms with Crippen LogP contribution in [0.3, 0.4) is 0 Å². The average molecular weight is 415 g/mol. The summed E-state index contributed by atoms with van der Waals surface area (Å²) >= 11 is 0. The number of benzene rings is 3. The summed E-state index contributed by atoms with van der Waals surface area (Å²) < 4.78 is 16.4. The Balaban J connectivity index is 1.53. The van der Waals surface area contributed by atoms with Crippen LogP contribution in [0.2, 0.25) is 0 Å². The number of hydrogen-bond donors (Lipinski definition) is 1. The van der Waals surface area contributed by atoms with Crippen LogP contribution in [-0.2, 0) is 0 Å². The molecule has 31 heavy (non-hydrogen) atoms. The molecule has 4 aromatic rings. The van der Waals surface area contributed by atoms with E-state index in [0.717, 1.165) is 16.8 Å². The fraction of sp³-hybridized carbons (Fsp3) is 0.120. The molecule has 1 heterocycles. The third-order valence-electron chi connectivity index (χ3n) is 5.01. The topological polar surface area (TPSA) is 77.8 Å². The van der Waals surface area contributed by atoms with E-state index < -0.39 is 0 Å². The summed E-state index contributed by atoms with van der Waals surface area (Å²) in [5, 5.41) is 3.34. The lowest BCUT2D eigenvalue weighted by molar-refractivity contribution is 0.102. The van der Waals surface area contributed by atoms with Gasteiger partial charge in [-0.2, -0.15) is 0 Å². The van der Waals surface area contributed by atoms with Crippen molar-refractivity contribution >= 4 is 22.6 Å². The van der Waals surface area contributed by atoms with Crippen LogP contribution in [-0.4, -0.2) is 13.0 Å². The first-order chi connectivity index (χ1) is 15.0. The first kappa shape index (κ1) is 20.2. The van der Waals surface area contributed by atoms with Gasteiger partial charge in [-0.05, 0) is 61.4 Å².